The first kappa shape index (κ1) is 13.5. The third kappa shape index (κ3) is 3.80. The van der Waals surface area contributed by atoms with Gasteiger partial charge < -0.3 is 5.73 Å². The molecule has 1 aromatic heterocycles. The van der Waals surface area contributed by atoms with Crippen molar-refractivity contribution in [3.8, 4) is 0 Å². The Hall–Kier alpha value is -0.910. The fourth-order valence-corrected chi connectivity index (χ4v) is 2.83. The Bertz CT molecular complexity index is 517. The molecule has 5 heteroatoms. The molecule has 0 aliphatic rings. The van der Waals surface area contributed by atoms with Gasteiger partial charge in [0, 0.05) is 27.8 Å². The Balaban J connectivity index is 2.26. The van der Waals surface area contributed by atoms with Crippen molar-refractivity contribution in [3.63, 3.8) is 0 Å². The van der Waals surface area contributed by atoms with E-state index in [-0.39, 0.29) is 6.04 Å². The molecule has 2 aromatic rings. The minimum Gasteiger partial charge on any atom is -0.328 e. The quantitative estimate of drug-likeness (QED) is 0.877. The van der Waals surface area contributed by atoms with E-state index in [9.17, 15) is 0 Å². The van der Waals surface area contributed by atoms with E-state index in [1.807, 2.05) is 19.1 Å². The van der Waals surface area contributed by atoms with Gasteiger partial charge in [-0.3, -0.25) is 0 Å². The number of nitrogens with zero attached hydrogens (tertiary/aromatic N) is 2. The first-order chi connectivity index (χ1) is 8.65. The largest absolute Gasteiger partial charge is 0.328 e. The molecule has 0 radical (unpaired) electrons. The number of aromatic nitrogens is 2. The third-order valence-corrected chi connectivity index (χ3v) is 3.81. The van der Waals surface area contributed by atoms with Crippen molar-refractivity contribution in [2.75, 3.05) is 0 Å². The summed E-state index contributed by atoms with van der Waals surface area (Å²) in [6, 6.07) is 8.15. The highest BCUT2D eigenvalue weighted by Gasteiger charge is 2.08. The molecule has 0 amide bonds. The summed E-state index contributed by atoms with van der Waals surface area (Å²) in [7, 11) is 0. The predicted molar refractivity (Wildman–Crippen MR) is 77.7 cm³/mol. The summed E-state index contributed by atoms with van der Waals surface area (Å²) < 4.78 is 1.07. The third-order valence-electron chi connectivity index (χ3n) is 2.31. The maximum Gasteiger partial charge on any atom is 0.192 e. The Morgan fingerprint density at radius 2 is 2.06 bits per heavy atom. The standard InChI is InChI=1S/C13H14BrN3S/c1-9(15)7-10-8-11(14)3-4-12(10)18-13-16-5-2-6-17-13/h2-6,8-9H,7,15H2,1H3. The molecule has 1 atom stereocenters. The molecular weight excluding hydrogens is 310 g/mol. The summed E-state index contributed by atoms with van der Waals surface area (Å²) in [6.45, 7) is 2.01. The summed E-state index contributed by atoms with van der Waals surface area (Å²) in [5.41, 5.74) is 7.10. The number of benzene rings is 1. The summed E-state index contributed by atoms with van der Waals surface area (Å²) in [5.74, 6) is 0. The average molecular weight is 324 g/mol. The van der Waals surface area contributed by atoms with Gasteiger partial charge in [-0.2, -0.15) is 0 Å². The first-order valence-corrected chi connectivity index (χ1v) is 7.25. The Morgan fingerprint density at radius 1 is 1.33 bits per heavy atom. The second-order valence-corrected chi connectivity index (χ2v) is 5.99. The second-order valence-electron chi connectivity index (χ2n) is 4.07. The molecule has 1 aromatic carbocycles. The van der Waals surface area contributed by atoms with Crippen molar-refractivity contribution < 1.29 is 0 Å². The van der Waals surface area contributed by atoms with Gasteiger partial charge in [-0.1, -0.05) is 15.9 Å². The van der Waals surface area contributed by atoms with Crippen LogP contribution >= 0.6 is 27.7 Å². The fraction of sp³-hybridized carbons (Fsp3) is 0.231. The van der Waals surface area contributed by atoms with Crippen LogP contribution in [0.3, 0.4) is 0 Å². The van der Waals surface area contributed by atoms with Crippen LogP contribution in [-0.2, 0) is 6.42 Å². The Kier molecular flexibility index (Phi) is 4.74. The van der Waals surface area contributed by atoms with E-state index in [0.717, 1.165) is 20.9 Å². The fourth-order valence-electron chi connectivity index (χ4n) is 1.59. The predicted octanol–water partition coefficient (Wildman–Crippen LogP) is 3.28. The van der Waals surface area contributed by atoms with E-state index in [4.69, 9.17) is 5.73 Å². The van der Waals surface area contributed by atoms with Crippen molar-refractivity contribution in [2.24, 2.45) is 5.73 Å². The maximum atomic E-state index is 5.88. The summed E-state index contributed by atoms with van der Waals surface area (Å²) in [5, 5.41) is 0.755. The summed E-state index contributed by atoms with van der Waals surface area (Å²) in [4.78, 5) is 9.61. The van der Waals surface area contributed by atoms with Crippen LogP contribution in [0.25, 0.3) is 0 Å². The maximum absolute atomic E-state index is 5.88. The monoisotopic (exact) mass is 323 g/mol. The van der Waals surface area contributed by atoms with Crippen molar-refractivity contribution in [1.82, 2.24) is 9.97 Å². The second kappa shape index (κ2) is 6.31. The van der Waals surface area contributed by atoms with Crippen LogP contribution in [0.2, 0.25) is 0 Å². The Morgan fingerprint density at radius 3 is 2.72 bits per heavy atom. The number of nitrogens with two attached hydrogens (primary N) is 1. The topological polar surface area (TPSA) is 51.8 Å². The molecule has 0 bridgehead atoms. The molecule has 18 heavy (non-hydrogen) atoms. The zero-order valence-corrected chi connectivity index (χ0v) is 12.4. The van der Waals surface area contributed by atoms with E-state index in [0.29, 0.717) is 0 Å². The van der Waals surface area contributed by atoms with E-state index in [1.54, 1.807) is 24.2 Å². The highest BCUT2D eigenvalue weighted by molar-refractivity contribution is 9.10. The zero-order chi connectivity index (χ0) is 13.0. The highest BCUT2D eigenvalue weighted by atomic mass is 79.9. The van der Waals surface area contributed by atoms with Crippen LogP contribution in [0.4, 0.5) is 0 Å². The van der Waals surface area contributed by atoms with E-state index in [2.05, 4.69) is 38.0 Å². The average Bonchev–Trinajstić information content (AvgIpc) is 2.33. The minimum absolute atomic E-state index is 0.135. The van der Waals surface area contributed by atoms with Crippen LogP contribution in [0.1, 0.15) is 12.5 Å². The smallest absolute Gasteiger partial charge is 0.192 e. The molecule has 0 spiro atoms. The molecule has 3 nitrogen and oxygen atoms in total. The Labute approximate surface area is 119 Å². The van der Waals surface area contributed by atoms with E-state index in [1.165, 1.54) is 5.56 Å². The SMILES string of the molecule is CC(N)Cc1cc(Br)ccc1Sc1ncccn1. The van der Waals surface area contributed by atoms with Crippen LogP contribution < -0.4 is 5.73 Å². The lowest BCUT2D eigenvalue weighted by Crippen LogP contribution is -2.18. The molecule has 0 saturated heterocycles. The van der Waals surface area contributed by atoms with E-state index < -0.39 is 0 Å². The van der Waals surface area contributed by atoms with Crippen LogP contribution in [0.15, 0.2) is 51.2 Å². The van der Waals surface area contributed by atoms with Crippen molar-refractivity contribution >= 4 is 27.7 Å². The van der Waals surface area contributed by atoms with Crippen molar-refractivity contribution in [2.45, 2.75) is 29.4 Å². The highest BCUT2D eigenvalue weighted by Crippen LogP contribution is 2.30. The van der Waals surface area contributed by atoms with Gasteiger partial charge in [0.15, 0.2) is 5.16 Å². The zero-order valence-electron chi connectivity index (χ0n) is 10.0. The van der Waals surface area contributed by atoms with Gasteiger partial charge in [-0.15, -0.1) is 0 Å². The normalized spacial score (nSPS) is 12.4. The van der Waals surface area contributed by atoms with Gasteiger partial charge in [0.2, 0.25) is 0 Å². The lowest BCUT2D eigenvalue weighted by atomic mass is 10.1. The number of hydrogen-bond acceptors (Lipinski definition) is 4. The molecule has 0 aliphatic heterocycles. The molecule has 0 aliphatic carbocycles. The van der Waals surface area contributed by atoms with Crippen LogP contribution in [0.5, 0.6) is 0 Å². The van der Waals surface area contributed by atoms with Crippen molar-refractivity contribution in [1.29, 1.82) is 0 Å². The van der Waals surface area contributed by atoms with Crippen LogP contribution in [0, 0.1) is 0 Å². The minimum atomic E-state index is 0.135. The number of halogens is 1. The van der Waals surface area contributed by atoms with Gasteiger partial charge in [0.25, 0.3) is 0 Å². The number of hydrogen-bond donors (Lipinski definition) is 1. The van der Waals surface area contributed by atoms with Gasteiger partial charge >= 0.3 is 0 Å². The summed E-state index contributed by atoms with van der Waals surface area (Å²) >= 11 is 5.06. The summed E-state index contributed by atoms with van der Waals surface area (Å²) in [6.07, 6.45) is 4.34. The molecule has 0 fully saturated rings. The van der Waals surface area contributed by atoms with Gasteiger partial charge in [-0.25, -0.2) is 9.97 Å². The number of rotatable bonds is 4. The molecule has 2 N–H and O–H groups in total. The molecule has 0 saturated carbocycles. The van der Waals surface area contributed by atoms with Gasteiger partial charge in [-0.05, 0) is 54.9 Å². The molecular formula is C13H14BrN3S. The molecule has 94 valence electrons. The van der Waals surface area contributed by atoms with Crippen LogP contribution in [-0.4, -0.2) is 16.0 Å². The first-order valence-electron chi connectivity index (χ1n) is 5.64. The molecule has 1 heterocycles. The van der Waals surface area contributed by atoms with Gasteiger partial charge in [0.1, 0.15) is 0 Å². The van der Waals surface area contributed by atoms with E-state index >= 15 is 0 Å². The van der Waals surface area contributed by atoms with Crippen molar-refractivity contribution in [3.05, 3.63) is 46.7 Å². The molecule has 1 unspecified atom stereocenters. The lowest BCUT2D eigenvalue weighted by molar-refractivity contribution is 0.728. The van der Waals surface area contributed by atoms with Gasteiger partial charge in [0.05, 0.1) is 0 Å². The molecule has 2 rings (SSSR count). The lowest BCUT2D eigenvalue weighted by Gasteiger charge is -2.11.